The highest BCUT2D eigenvalue weighted by Gasteiger charge is 2.10. The van der Waals surface area contributed by atoms with Gasteiger partial charge in [-0.1, -0.05) is 0 Å². The van der Waals surface area contributed by atoms with Gasteiger partial charge in [0.15, 0.2) is 12.7 Å². The minimum atomic E-state index is -0.377. The largest absolute Gasteiger partial charge is 0.422 e. The molecule has 6 nitrogen and oxygen atoms in total. The van der Waals surface area contributed by atoms with Crippen molar-refractivity contribution in [1.29, 1.82) is 0 Å². The third kappa shape index (κ3) is 5.73. The Morgan fingerprint density at radius 2 is 1.97 bits per heavy atom. The van der Waals surface area contributed by atoms with Crippen molar-refractivity contribution >= 4 is 46.3 Å². The van der Waals surface area contributed by atoms with Crippen molar-refractivity contribution in [2.24, 2.45) is 0 Å². The smallest absolute Gasteiger partial charge is 0.343 e. The predicted octanol–water partition coefficient (Wildman–Crippen LogP) is 3.45. The number of carbonyl (C=O) groups excluding carboxylic acids is 1. The normalized spacial score (nSPS) is 11.2. The Balaban J connectivity index is 1.83. The first kappa shape index (κ1) is 22.6. The second-order valence-electron chi connectivity index (χ2n) is 7.02. The van der Waals surface area contributed by atoms with Crippen LogP contribution in [0.25, 0.3) is 23.1 Å². The first-order valence-corrected chi connectivity index (χ1v) is 10.9. The average molecular weight is 441 g/mol. The Bertz CT molecular complexity index is 1140. The molecule has 0 atom stereocenters. The molecule has 0 unspecified atom stereocenters. The Morgan fingerprint density at radius 3 is 2.71 bits per heavy atom. The SMILES string of the molecule is CCN(CC)c1ccc2cc(/C=C/c3cccc[n+]3CCNC(=O)CCl)c(=O)oc2c1. The van der Waals surface area contributed by atoms with E-state index in [0.717, 1.165) is 29.9 Å². The molecule has 3 aromatic rings. The van der Waals surface area contributed by atoms with E-state index in [4.69, 9.17) is 16.0 Å². The summed E-state index contributed by atoms with van der Waals surface area (Å²) in [4.78, 5) is 26.1. The van der Waals surface area contributed by atoms with Crippen LogP contribution in [0.2, 0.25) is 0 Å². The van der Waals surface area contributed by atoms with Crippen molar-refractivity contribution in [3.8, 4) is 0 Å². The van der Waals surface area contributed by atoms with E-state index >= 15 is 0 Å². The lowest BCUT2D eigenvalue weighted by Gasteiger charge is -2.20. The number of hydrogen-bond donors (Lipinski definition) is 1. The standard InChI is InChI=1S/C24H26ClN3O3/c1-3-27(4-2)21-11-8-18-15-19(24(30)31-22(18)16-21)9-10-20-7-5-6-13-28(20)14-12-26-23(29)17-25/h5-11,13,15-16H,3-4,12,14,17H2,1-2H3/p+1. The van der Waals surface area contributed by atoms with Crippen LogP contribution in [0.1, 0.15) is 25.1 Å². The first-order chi connectivity index (χ1) is 15.0. The van der Waals surface area contributed by atoms with Crippen molar-refractivity contribution in [3.63, 3.8) is 0 Å². The van der Waals surface area contributed by atoms with Gasteiger partial charge >= 0.3 is 5.63 Å². The lowest BCUT2D eigenvalue weighted by atomic mass is 10.1. The summed E-state index contributed by atoms with van der Waals surface area (Å²) in [7, 11) is 0. The fourth-order valence-corrected chi connectivity index (χ4v) is 3.49. The topological polar surface area (TPSA) is 66.4 Å². The van der Waals surface area contributed by atoms with Crippen LogP contribution in [0, 0.1) is 0 Å². The molecule has 0 aliphatic rings. The molecule has 0 spiro atoms. The number of alkyl halides is 1. The second kappa shape index (κ2) is 10.8. The van der Waals surface area contributed by atoms with E-state index < -0.39 is 0 Å². The third-order valence-electron chi connectivity index (χ3n) is 5.08. The second-order valence-corrected chi connectivity index (χ2v) is 7.29. The van der Waals surface area contributed by atoms with Crippen LogP contribution in [-0.2, 0) is 11.3 Å². The number of hydrogen-bond acceptors (Lipinski definition) is 4. The number of benzene rings is 1. The maximum Gasteiger partial charge on any atom is 0.343 e. The zero-order valence-corrected chi connectivity index (χ0v) is 18.6. The Kier molecular flexibility index (Phi) is 7.84. The third-order valence-corrected chi connectivity index (χ3v) is 5.32. The molecule has 162 valence electrons. The molecule has 0 saturated heterocycles. The van der Waals surface area contributed by atoms with Crippen LogP contribution in [0.3, 0.4) is 0 Å². The molecule has 1 N–H and O–H groups in total. The molecule has 1 amide bonds. The van der Waals surface area contributed by atoms with Crippen LogP contribution in [-0.4, -0.2) is 31.4 Å². The van der Waals surface area contributed by atoms with Crippen LogP contribution in [0.15, 0.2) is 57.9 Å². The summed E-state index contributed by atoms with van der Waals surface area (Å²) in [5.41, 5.74) is 2.62. The molecule has 3 rings (SSSR count). The van der Waals surface area contributed by atoms with E-state index in [1.165, 1.54) is 0 Å². The number of rotatable bonds is 9. The van der Waals surface area contributed by atoms with Gasteiger partial charge in [-0.15, -0.1) is 11.6 Å². The van der Waals surface area contributed by atoms with E-state index in [1.807, 2.05) is 59.3 Å². The Hall–Kier alpha value is -3.12. The molecule has 0 bridgehead atoms. The quantitative estimate of drug-likeness (QED) is 0.314. The molecule has 0 saturated carbocycles. The number of pyridine rings is 1. The predicted molar refractivity (Wildman–Crippen MR) is 125 cm³/mol. The molecule has 0 aliphatic heterocycles. The van der Waals surface area contributed by atoms with Gasteiger partial charge in [-0.2, -0.15) is 4.57 Å². The summed E-state index contributed by atoms with van der Waals surface area (Å²) in [6.45, 7) is 7.02. The highest BCUT2D eigenvalue weighted by atomic mass is 35.5. The van der Waals surface area contributed by atoms with E-state index in [2.05, 4.69) is 24.1 Å². The van der Waals surface area contributed by atoms with Crippen LogP contribution >= 0.6 is 11.6 Å². The van der Waals surface area contributed by atoms with Crippen molar-refractivity contribution < 1.29 is 13.8 Å². The molecule has 7 heteroatoms. The van der Waals surface area contributed by atoms with E-state index in [-0.39, 0.29) is 17.4 Å². The number of anilines is 1. The first-order valence-electron chi connectivity index (χ1n) is 10.4. The van der Waals surface area contributed by atoms with E-state index in [9.17, 15) is 9.59 Å². The van der Waals surface area contributed by atoms with Crippen molar-refractivity contribution in [3.05, 3.63) is 70.3 Å². The van der Waals surface area contributed by atoms with E-state index in [1.54, 1.807) is 6.08 Å². The summed E-state index contributed by atoms with van der Waals surface area (Å²) in [6.07, 6.45) is 5.54. The summed E-state index contributed by atoms with van der Waals surface area (Å²) >= 11 is 5.51. The van der Waals surface area contributed by atoms with Gasteiger partial charge in [-0.3, -0.25) is 4.79 Å². The highest BCUT2D eigenvalue weighted by molar-refractivity contribution is 6.27. The number of halogens is 1. The molecule has 0 aliphatic carbocycles. The fourth-order valence-electron chi connectivity index (χ4n) is 3.40. The van der Waals surface area contributed by atoms with Gasteiger partial charge in [0.2, 0.25) is 11.6 Å². The van der Waals surface area contributed by atoms with Gasteiger partial charge in [0.1, 0.15) is 11.5 Å². The van der Waals surface area contributed by atoms with Crippen molar-refractivity contribution in [2.45, 2.75) is 20.4 Å². The van der Waals surface area contributed by atoms with Gasteiger partial charge in [-0.25, -0.2) is 4.79 Å². The van der Waals surface area contributed by atoms with Gasteiger partial charge < -0.3 is 14.6 Å². The van der Waals surface area contributed by atoms with E-state index in [0.29, 0.717) is 24.2 Å². The molecular formula is C24H27ClN3O3+. The van der Waals surface area contributed by atoms with Gasteiger partial charge in [-0.05, 0) is 44.2 Å². The van der Waals surface area contributed by atoms with Crippen molar-refractivity contribution in [1.82, 2.24) is 5.32 Å². The molecule has 0 radical (unpaired) electrons. The highest BCUT2D eigenvalue weighted by Crippen LogP contribution is 2.22. The van der Waals surface area contributed by atoms with Crippen molar-refractivity contribution in [2.75, 3.05) is 30.4 Å². The molecule has 31 heavy (non-hydrogen) atoms. The molecular weight excluding hydrogens is 414 g/mol. The maximum absolute atomic E-state index is 12.5. The summed E-state index contributed by atoms with van der Waals surface area (Å²) in [6, 6.07) is 13.6. The van der Waals surface area contributed by atoms with Gasteiger partial charge in [0, 0.05) is 48.4 Å². The minimum Gasteiger partial charge on any atom is -0.422 e. The zero-order valence-electron chi connectivity index (χ0n) is 17.8. The Labute approximate surface area is 186 Å². The number of fused-ring (bicyclic) bond motifs is 1. The number of amides is 1. The fraction of sp³-hybridized carbons (Fsp3) is 0.292. The lowest BCUT2D eigenvalue weighted by Crippen LogP contribution is -2.42. The summed E-state index contributed by atoms with van der Waals surface area (Å²) in [5.74, 6) is -0.256. The van der Waals surface area contributed by atoms with Gasteiger partial charge in [0.05, 0.1) is 12.1 Å². The van der Waals surface area contributed by atoms with Crippen LogP contribution in [0.5, 0.6) is 0 Å². The number of carbonyl (C=O) groups is 1. The monoisotopic (exact) mass is 440 g/mol. The van der Waals surface area contributed by atoms with Crippen LogP contribution < -0.4 is 20.4 Å². The van der Waals surface area contributed by atoms with Crippen LogP contribution in [0.4, 0.5) is 5.69 Å². The maximum atomic E-state index is 12.5. The summed E-state index contributed by atoms with van der Waals surface area (Å²) in [5, 5.41) is 3.62. The molecule has 2 heterocycles. The molecule has 0 fully saturated rings. The number of aromatic nitrogens is 1. The zero-order chi connectivity index (χ0) is 22.2. The minimum absolute atomic E-state index is 0.0552. The lowest BCUT2D eigenvalue weighted by molar-refractivity contribution is -0.696. The summed E-state index contributed by atoms with van der Waals surface area (Å²) < 4.78 is 7.58. The Morgan fingerprint density at radius 1 is 1.16 bits per heavy atom. The number of nitrogens with one attached hydrogen (secondary N) is 1. The van der Waals surface area contributed by atoms with Gasteiger partial charge in [0.25, 0.3) is 0 Å². The average Bonchev–Trinajstić information content (AvgIpc) is 2.79. The molecule has 2 aromatic heterocycles. The number of nitrogens with zero attached hydrogens (tertiary/aromatic N) is 2. The molecule has 1 aromatic carbocycles.